The highest BCUT2D eigenvalue weighted by atomic mass is 35.7. The fraction of sp³-hybridized carbons (Fsp3) is 1.00. The highest BCUT2D eigenvalue weighted by Gasteiger charge is 2.21. The summed E-state index contributed by atoms with van der Waals surface area (Å²) >= 11 is 0. The standard InChI is InChI=1S/C4H7ClO4S/c5-10(6,7)3-4-8-1-2-9-4/h4H,1-3H2. The Balaban J connectivity index is 2.38. The quantitative estimate of drug-likeness (QED) is 0.567. The van der Waals surface area contributed by atoms with Crippen molar-refractivity contribution in [3.8, 4) is 0 Å². The topological polar surface area (TPSA) is 52.6 Å². The van der Waals surface area contributed by atoms with Crippen molar-refractivity contribution in [2.24, 2.45) is 0 Å². The molecule has 60 valence electrons. The predicted molar refractivity (Wildman–Crippen MR) is 35.3 cm³/mol. The Morgan fingerprint density at radius 2 is 1.90 bits per heavy atom. The van der Waals surface area contributed by atoms with Crippen LogP contribution in [0.15, 0.2) is 0 Å². The van der Waals surface area contributed by atoms with Gasteiger partial charge in [-0.1, -0.05) is 0 Å². The number of rotatable bonds is 2. The number of ether oxygens (including phenoxy) is 2. The third-order valence-corrected chi connectivity index (χ3v) is 2.07. The summed E-state index contributed by atoms with van der Waals surface area (Å²) in [7, 11) is 1.44. The number of halogens is 1. The van der Waals surface area contributed by atoms with Gasteiger partial charge in [-0.3, -0.25) is 0 Å². The molecule has 1 aliphatic heterocycles. The summed E-state index contributed by atoms with van der Waals surface area (Å²) in [5.41, 5.74) is 0. The lowest BCUT2D eigenvalue weighted by Crippen LogP contribution is -2.17. The third-order valence-electron chi connectivity index (χ3n) is 1.03. The molecule has 0 aromatic carbocycles. The first-order chi connectivity index (χ1) is 4.58. The van der Waals surface area contributed by atoms with Gasteiger partial charge in [-0.05, 0) is 0 Å². The van der Waals surface area contributed by atoms with E-state index < -0.39 is 15.3 Å². The van der Waals surface area contributed by atoms with Gasteiger partial charge in [-0.25, -0.2) is 8.42 Å². The van der Waals surface area contributed by atoms with E-state index >= 15 is 0 Å². The van der Waals surface area contributed by atoms with E-state index in [1.807, 2.05) is 0 Å². The lowest BCUT2D eigenvalue weighted by atomic mass is 10.8. The molecule has 6 heteroatoms. The summed E-state index contributed by atoms with van der Waals surface area (Å²) in [5, 5.41) is 0. The van der Waals surface area contributed by atoms with Crippen LogP contribution in [-0.2, 0) is 18.5 Å². The van der Waals surface area contributed by atoms with Crippen LogP contribution >= 0.6 is 10.7 Å². The van der Waals surface area contributed by atoms with Gasteiger partial charge in [0.2, 0.25) is 9.05 Å². The summed E-state index contributed by atoms with van der Waals surface area (Å²) in [6.45, 7) is 0.883. The minimum Gasteiger partial charge on any atom is -0.349 e. The zero-order valence-electron chi connectivity index (χ0n) is 5.12. The molecule has 0 unspecified atom stereocenters. The fourth-order valence-corrected chi connectivity index (χ4v) is 1.49. The van der Waals surface area contributed by atoms with Crippen LogP contribution in [0.2, 0.25) is 0 Å². The molecule has 0 aromatic heterocycles. The van der Waals surface area contributed by atoms with E-state index in [0.29, 0.717) is 13.2 Å². The van der Waals surface area contributed by atoms with E-state index in [2.05, 4.69) is 0 Å². The average Bonchev–Trinajstić information content (AvgIpc) is 2.12. The molecule has 1 aliphatic rings. The van der Waals surface area contributed by atoms with Gasteiger partial charge < -0.3 is 9.47 Å². The van der Waals surface area contributed by atoms with Crippen LogP contribution in [0, 0.1) is 0 Å². The van der Waals surface area contributed by atoms with Crippen LogP contribution in [0.25, 0.3) is 0 Å². The Morgan fingerprint density at radius 3 is 2.30 bits per heavy atom. The Hall–Kier alpha value is 0.160. The maximum atomic E-state index is 10.4. The maximum Gasteiger partial charge on any atom is 0.237 e. The third kappa shape index (κ3) is 2.83. The van der Waals surface area contributed by atoms with Crippen LogP contribution in [0.3, 0.4) is 0 Å². The molecule has 1 fully saturated rings. The molecule has 0 radical (unpaired) electrons. The van der Waals surface area contributed by atoms with Gasteiger partial charge in [0.25, 0.3) is 0 Å². The van der Waals surface area contributed by atoms with Crippen LogP contribution in [0.4, 0.5) is 0 Å². The van der Waals surface area contributed by atoms with Crippen molar-refractivity contribution in [2.75, 3.05) is 19.0 Å². The second kappa shape index (κ2) is 3.04. The zero-order valence-corrected chi connectivity index (χ0v) is 6.69. The summed E-state index contributed by atoms with van der Waals surface area (Å²) < 4.78 is 30.5. The molecule has 1 rings (SSSR count). The van der Waals surface area contributed by atoms with Crippen molar-refractivity contribution < 1.29 is 17.9 Å². The lowest BCUT2D eigenvalue weighted by molar-refractivity contribution is -0.0223. The van der Waals surface area contributed by atoms with Crippen molar-refractivity contribution in [1.29, 1.82) is 0 Å². The number of hydrogen-bond donors (Lipinski definition) is 0. The van der Waals surface area contributed by atoms with E-state index in [-0.39, 0.29) is 5.75 Å². The summed E-state index contributed by atoms with van der Waals surface area (Å²) in [5.74, 6) is -0.269. The molecule has 0 atom stereocenters. The van der Waals surface area contributed by atoms with Crippen molar-refractivity contribution >= 4 is 19.7 Å². The monoisotopic (exact) mass is 186 g/mol. The van der Waals surface area contributed by atoms with Crippen LogP contribution < -0.4 is 0 Å². The first-order valence-electron chi connectivity index (χ1n) is 2.73. The summed E-state index contributed by atoms with van der Waals surface area (Å²) in [4.78, 5) is 0. The molecule has 0 saturated carbocycles. The molecule has 0 spiro atoms. The molecule has 0 aromatic rings. The zero-order chi connectivity index (χ0) is 7.61. The van der Waals surface area contributed by atoms with E-state index in [4.69, 9.17) is 20.2 Å². The molecule has 1 heterocycles. The lowest BCUT2D eigenvalue weighted by Gasteiger charge is -2.03. The molecule has 4 nitrogen and oxygen atoms in total. The Labute approximate surface area is 63.5 Å². The van der Waals surface area contributed by atoms with E-state index in [1.54, 1.807) is 0 Å². The second-order valence-electron chi connectivity index (χ2n) is 1.88. The van der Waals surface area contributed by atoms with E-state index in [0.717, 1.165) is 0 Å². The average molecular weight is 187 g/mol. The first kappa shape index (κ1) is 8.26. The Kier molecular flexibility index (Phi) is 2.51. The highest BCUT2D eigenvalue weighted by Crippen LogP contribution is 2.08. The molecule has 0 bridgehead atoms. The van der Waals surface area contributed by atoms with E-state index in [1.165, 1.54) is 0 Å². The second-order valence-corrected chi connectivity index (χ2v) is 4.70. The smallest absolute Gasteiger partial charge is 0.237 e. The molecular weight excluding hydrogens is 180 g/mol. The molecule has 0 N–H and O–H groups in total. The predicted octanol–water partition coefficient (Wildman–Crippen LogP) is -0.0721. The maximum absolute atomic E-state index is 10.4. The van der Waals surface area contributed by atoms with Gasteiger partial charge >= 0.3 is 0 Å². The minimum atomic E-state index is -3.49. The van der Waals surface area contributed by atoms with Gasteiger partial charge in [-0.15, -0.1) is 0 Å². The van der Waals surface area contributed by atoms with Gasteiger partial charge in [0.1, 0.15) is 5.75 Å². The molecular formula is C4H7ClO4S. The molecule has 10 heavy (non-hydrogen) atoms. The van der Waals surface area contributed by atoms with Crippen molar-refractivity contribution in [3.05, 3.63) is 0 Å². The van der Waals surface area contributed by atoms with Gasteiger partial charge in [0.15, 0.2) is 6.29 Å². The van der Waals surface area contributed by atoms with Crippen LogP contribution in [-0.4, -0.2) is 33.7 Å². The Bertz CT molecular complexity index is 193. The SMILES string of the molecule is O=S(=O)(Cl)CC1OCCO1. The van der Waals surface area contributed by atoms with Crippen molar-refractivity contribution in [1.82, 2.24) is 0 Å². The van der Waals surface area contributed by atoms with Crippen LogP contribution in [0.1, 0.15) is 0 Å². The van der Waals surface area contributed by atoms with E-state index in [9.17, 15) is 8.42 Å². The van der Waals surface area contributed by atoms with Gasteiger partial charge in [0, 0.05) is 10.7 Å². The summed E-state index contributed by atoms with van der Waals surface area (Å²) in [6.07, 6.45) is -0.664. The fourth-order valence-electron chi connectivity index (χ4n) is 0.666. The highest BCUT2D eigenvalue weighted by molar-refractivity contribution is 8.13. The van der Waals surface area contributed by atoms with Crippen molar-refractivity contribution in [3.63, 3.8) is 0 Å². The van der Waals surface area contributed by atoms with Crippen LogP contribution in [0.5, 0.6) is 0 Å². The summed E-state index contributed by atoms with van der Waals surface area (Å²) in [6, 6.07) is 0. The van der Waals surface area contributed by atoms with Gasteiger partial charge in [0.05, 0.1) is 13.2 Å². The largest absolute Gasteiger partial charge is 0.349 e. The Morgan fingerprint density at radius 1 is 1.40 bits per heavy atom. The van der Waals surface area contributed by atoms with Crippen molar-refractivity contribution in [2.45, 2.75) is 6.29 Å². The molecule has 0 aliphatic carbocycles. The number of hydrogen-bond acceptors (Lipinski definition) is 4. The molecule has 0 amide bonds. The van der Waals surface area contributed by atoms with Gasteiger partial charge in [-0.2, -0.15) is 0 Å². The molecule has 1 saturated heterocycles. The first-order valence-corrected chi connectivity index (χ1v) is 5.21. The normalized spacial score (nSPS) is 21.7. The minimum absolute atomic E-state index is 0.269.